The highest BCUT2D eigenvalue weighted by Crippen LogP contribution is 2.34. The molecule has 3 atom stereocenters. The first-order valence-electron chi connectivity index (χ1n) is 5.28. The zero-order chi connectivity index (χ0) is 9.10. The van der Waals surface area contributed by atoms with Gasteiger partial charge >= 0.3 is 0 Å². The maximum Gasteiger partial charge on any atom is 0.0733 e. The van der Waals surface area contributed by atoms with E-state index in [4.69, 9.17) is 4.74 Å². The highest BCUT2D eigenvalue weighted by Gasteiger charge is 2.40. The minimum Gasteiger partial charge on any atom is -0.373 e. The Morgan fingerprint density at radius 2 is 2.38 bits per heavy atom. The maximum absolute atomic E-state index is 5.77. The smallest absolute Gasteiger partial charge is 0.0733 e. The molecule has 2 fully saturated rings. The van der Waals surface area contributed by atoms with Crippen LogP contribution in [0.15, 0.2) is 0 Å². The molecule has 2 rings (SSSR count). The molecule has 2 aliphatic rings. The van der Waals surface area contributed by atoms with Crippen molar-refractivity contribution < 1.29 is 4.74 Å². The molecular formula is C10H19NOS. The van der Waals surface area contributed by atoms with E-state index in [9.17, 15) is 0 Å². The van der Waals surface area contributed by atoms with Crippen LogP contribution in [0.2, 0.25) is 0 Å². The van der Waals surface area contributed by atoms with Crippen molar-refractivity contribution in [3.63, 3.8) is 0 Å². The first-order chi connectivity index (χ1) is 6.40. The molecule has 2 nitrogen and oxygen atoms in total. The van der Waals surface area contributed by atoms with E-state index < -0.39 is 0 Å². The van der Waals surface area contributed by atoms with E-state index in [2.05, 4.69) is 11.6 Å². The fraction of sp³-hybridized carbons (Fsp3) is 1.00. The van der Waals surface area contributed by atoms with E-state index in [0.29, 0.717) is 18.2 Å². The van der Waals surface area contributed by atoms with Crippen LogP contribution in [0.1, 0.15) is 25.7 Å². The largest absolute Gasteiger partial charge is 0.373 e. The highest BCUT2D eigenvalue weighted by molar-refractivity contribution is 7.98. The third-order valence-corrected chi connectivity index (χ3v) is 3.73. The van der Waals surface area contributed by atoms with Gasteiger partial charge in [-0.1, -0.05) is 0 Å². The number of fused-ring (bicyclic) bond motifs is 2. The van der Waals surface area contributed by atoms with Crippen LogP contribution in [-0.4, -0.2) is 36.8 Å². The van der Waals surface area contributed by atoms with Crippen molar-refractivity contribution in [1.82, 2.24) is 5.32 Å². The summed E-state index contributed by atoms with van der Waals surface area (Å²) in [6, 6.07) is 0.667. The van der Waals surface area contributed by atoms with Gasteiger partial charge < -0.3 is 10.1 Å². The second-order valence-electron chi connectivity index (χ2n) is 4.02. The van der Waals surface area contributed by atoms with Gasteiger partial charge in [0.2, 0.25) is 0 Å². The zero-order valence-electron chi connectivity index (χ0n) is 8.29. The summed E-state index contributed by atoms with van der Waals surface area (Å²) >= 11 is 1.93. The number of hydrogen-bond acceptors (Lipinski definition) is 3. The number of hydrogen-bond donors (Lipinski definition) is 1. The quantitative estimate of drug-likeness (QED) is 0.683. The Labute approximate surface area is 84.8 Å². The summed E-state index contributed by atoms with van der Waals surface area (Å²) in [5, 5.41) is 3.61. The summed E-state index contributed by atoms with van der Waals surface area (Å²) in [7, 11) is 0. The summed E-state index contributed by atoms with van der Waals surface area (Å²) in [5.74, 6) is 1.27. The van der Waals surface area contributed by atoms with E-state index in [-0.39, 0.29) is 0 Å². The van der Waals surface area contributed by atoms with Gasteiger partial charge in [-0.3, -0.25) is 0 Å². The van der Waals surface area contributed by atoms with Gasteiger partial charge in [0.25, 0.3) is 0 Å². The second kappa shape index (κ2) is 4.67. The summed E-state index contributed by atoms with van der Waals surface area (Å²) in [5.41, 5.74) is 0. The van der Waals surface area contributed by atoms with Crippen LogP contribution in [-0.2, 0) is 4.74 Å². The van der Waals surface area contributed by atoms with Crippen molar-refractivity contribution in [2.45, 2.75) is 43.9 Å². The lowest BCUT2D eigenvalue weighted by Crippen LogP contribution is -2.38. The predicted molar refractivity (Wildman–Crippen MR) is 57.3 cm³/mol. The molecule has 0 spiro atoms. The van der Waals surface area contributed by atoms with E-state index in [0.717, 1.165) is 6.54 Å². The molecule has 2 bridgehead atoms. The molecule has 0 aromatic rings. The third kappa shape index (κ3) is 2.39. The SMILES string of the molecule is CSCCCNC1CC2CCC1O2. The standard InChI is InChI=1S/C10H19NOS/c1-13-6-2-5-11-9-7-8-3-4-10(9)12-8/h8-11H,2-7H2,1H3. The molecular weight excluding hydrogens is 182 g/mol. The average molecular weight is 201 g/mol. The van der Waals surface area contributed by atoms with Crippen LogP contribution in [0.5, 0.6) is 0 Å². The van der Waals surface area contributed by atoms with Crippen LogP contribution in [0, 0.1) is 0 Å². The van der Waals surface area contributed by atoms with E-state index >= 15 is 0 Å². The van der Waals surface area contributed by atoms with Crippen LogP contribution in [0.3, 0.4) is 0 Å². The summed E-state index contributed by atoms with van der Waals surface area (Å²) in [4.78, 5) is 0. The monoisotopic (exact) mass is 201 g/mol. The summed E-state index contributed by atoms with van der Waals surface area (Å²) in [6.07, 6.45) is 8.42. The number of nitrogens with one attached hydrogen (secondary N) is 1. The molecule has 2 aliphatic heterocycles. The van der Waals surface area contributed by atoms with Gasteiger partial charge in [0.15, 0.2) is 0 Å². The fourth-order valence-corrected chi connectivity index (χ4v) is 2.79. The fourth-order valence-electron chi connectivity index (χ4n) is 2.36. The lowest BCUT2D eigenvalue weighted by Gasteiger charge is -2.19. The molecule has 0 saturated carbocycles. The predicted octanol–water partition coefficient (Wildman–Crippen LogP) is 1.65. The van der Waals surface area contributed by atoms with Crippen LogP contribution in [0.4, 0.5) is 0 Å². The van der Waals surface area contributed by atoms with Gasteiger partial charge in [-0.05, 0) is 44.2 Å². The van der Waals surface area contributed by atoms with Gasteiger partial charge in [-0.15, -0.1) is 0 Å². The van der Waals surface area contributed by atoms with E-state index in [1.54, 1.807) is 0 Å². The van der Waals surface area contributed by atoms with Gasteiger partial charge in [-0.2, -0.15) is 11.8 Å². The Morgan fingerprint density at radius 3 is 3.00 bits per heavy atom. The van der Waals surface area contributed by atoms with Crippen molar-refractivity contribution in [3.8, 4) is 0 Å². The summed E-state index contributed by atoms with van der Waals surface area (Å²) < 4.78 is 5.77. The minimum absolute atomic E-state index is 0.541. The van der Waals surface area contributed by atoms with Gasteiger partial charge in [0.05, 0.1) is 12.2 Å². The van der Waals surface area contributed by atoms with Crippen molar-refractivity contribution in [2.24, 2.45) is 0 Å². The Bertz CT molecular complexity index is 165. The minimum atomic E-state index is 0.541. The van der Waals surface area contributed by atoms with Crippen molar-refractivity contribution in [1.29, 1.82) is 0 Å². The molecule has 76 valence electrons. The van der Waals surface area contributed by atoms with Crippen molar-refractivity contribution in [3.05, 3.63) is 0 Å². The molecule has 2 saturated heterocycles. The van der Waals surface area contributed by atoms with Crippen LogP contribution in [0.25, 0.3) is 0 Å². The number of thioether (sulfide) groups is 1. The highest BCUT2D eigenvalue weighted by atomic mass is 32.2. The van der Waals surface area contributed by atoms with E-state index in [1.165, 1.54) is 31.4 Å². The average Bonchev–Trinajstić information content (AvgIpc) is 2.73. The normalized spacial score (nSPS) is 37.2. The molecule has 0 aliphatic carbocycles. The topological polar surface area (TPSA) is 21.3 Å². The Kier molecular flexibility index (Phi) is 3.52. The van der Waals surface area contributed by atoms with Crippen molar-refractivity contribution >= 4 is 11.8 Å². The first kappa shape index (κ1) is 9.81. The van der Waals surface area contributed by atoms with Crippen molar-refractivity contribution in [2.75, 3.05) is 18.6 Å². The number of rotatable bonds is 5. The molecule has 3 unspecified atom stereocenters. The maximum atomic E-state index is 5.77. The molecule has 0 aromatic heterocycles. The molecule has 0 amide bonds. The summed E-state index contributed by atoms with van der Waals surface area (Å²) in [6.45, 7) is 1.16. The number of ether oxygens (including phenoxy) is 1. The van der Waals surface area contributed by atoms with Crippen LogP contribution < -0.4 is 5.32 Å². The van der Waals surface area contributed by atoms with E-state index in [1.807, 2.05) is 11.8 Å². The lowest BCUT2D eigenvalue weighted by atomic mass is 9.95. The molecule has 1 N–H and O–H groups in total. The van der Waals surface area contributed by atoms with Gasteiger partial charge in [0.1, 0.15) is 0 Å². The first-order valence-corrected chi connectivity index (χ1v) is 6.67. The Balaban J connectivity index is 1.60. The molecule has 3 heteroatoms. The Hall–Kier alpha value is 0.270. The second-order valence-corrected chi connectivity index (χ2v) is 5.00. The molecule has 0 aromatic carbocycles. The molecule has 2 heterocycles. The van der Waals surface area contributed by atoms with Gasteiger partial charge in [0, 0.05) is 6.04 Å². The third-order valence-electron chi connectivity index (χ3n) is 3.04. The van der Waals surface area contributed by atoms with Gasteiger partial charge in [-0.25, -0.2) is 0 Å². The zero-order valence-corrected chi connectivity index (χ0v) is 9.11. The molecule has 13 heavy (non-hydrogen) atoms. The lowest BCUT2D eigenvalue weighted by molar-refractivity contribution is 0.0975. The van der Waals surface area contributed by atoms with Crippen LogP contribution >= 0.6 is 11.8 Å². The molecule has 0 radical (unpaired) electrons. The Morgan fingerprint density at radius 1 is 1.46 bits per heavy atom.